The van der Waals surface area contributed by atoms with Crippen molar-refractivity contribution in [2.24, 2.45) is 5.73 Å². The minimum Gasteiger partial charge on any atom is -0.366 e. The van der Waals surface area contributed by atoms with Gasteiger partial charge in [-0.1, -0.05) is 6.07 Å². The Bertz CT molecular complexity index is 1330. The zero-order chi connectivity index (χ0) is 23.8. The fraction of sp³-hybridized carbons (Fsp3) is 0.231. The molecule has 1 atom stereocenters. The van der Waals surface area contributed by atoms with E-state index in [0.29, 0.717) is 17.5 Å². The summed E-state index contributed by atoms with van der Waals surface area (Å²) in [6.45, 7) is 2.49. The van der Waals surface area contributed by atoms with Gasteiger partial charge in [0.25, 0.3) is 0 Å². The van der Waals surface area contributed by atoms with Crippen LogP contribution in [0, 0.1) is 11.6 Å². The molecule has 1 aliphatic heterocycles. The van der Waals surface area contributed by atoms with Crippen LogP contribution in [-0.2, 0) is 6.42 Å². The third kappa shape index (κ3) is 4.36. The third-order valence-corrected chi connectivity index (χ3v) is 6.38. The molecule has 5 rings (SSSR count). The highest BCUT2D eigenvalue weighted by atomic mass is 19.1. The summed E-state index contributed by atoms with van der Waals surface area (Å²) >= 11 is 0. The number of nitrogens with zero attached hydrogens (tertiary/aromatic N) is 3. The van der Waals surface area contributed by atoms with E-state index < -0.39 is 17.5 Å². The number of aromatic nitrogens is 2. The highest BCUT2D eigenvalue weighted by Crippen LogP contribution is 2.33. The minimum absolute atomic E-state index is 0.00467. The number of aromatic amines is 1. The molecule has 1 amide bonds. The van der Waals surface area contributed by atoms with E-state index >= 15 is 0 Å². The van der Waals surface area contributed by atoms with E-state index in [2.05, 4.69) is 27.0 Å². The van der Waals surface area contributed by atoms with E-state index in [1.807, 2.05) is 30.3 Å². The SMILES string of the molecule is CN1CCN(c2ccc(C(N)=O)cc2)C(c2[nH]nc3ccc(Cc4cc(F)cc(F)c4)cc23)C1. The second-order valence-corrected chi connectivity index (χ2v) is 8.83. The van der Waals surface area contributed by atoms with Crippen LogP contribution in [-0.4, -0.2) is 47.7 Å². The molecule has 0 spiro atoms. The van der Waals surface area contributed by atoms with Crippen LogP contribution in [0.4, 0.5) is 14.5 Å². The lowest BCUT2D eigenvalue weighted by Gasteiger charge is -2.41. The summed E-state index contributed by atoms with van der Waals surface area (Å²) < 4.78 is 27.3. The number of halogens is 2. The first kappa shape index (κ1) is 22.0. The number of fused-ring (bicyclic) bond motifs is 1. The van der Waals surface area contributed by atoms with Gasteiger partial charge in [0.2, 0.25) is 5.91 Å². The number of benzene rings is 3. The highest BCUT2D eigenvalue weighted by Gasteiger charge is 2.30. The number of primary amides is 1. The second-order valence-electron chi connectivity index (χ2n) is 8.83. The Morgan fingerprint density at radius 1 is 1.03 bits per heavy atom. The molecule has 1 unspecified atom stereocenters. The van der Waals surface area contributed by atoms with Crippen molar-refractivity contribution in [3.8, 4) is 0 Å². The average Bonchev–Trinajstić information content (AvgIpc) is 3.21. The fourth-order valence-electron chi connectivity index (χ4n) is 4.68. The molecule has 174 valence electrons. The molecule has 4 aromatic rings. The Balaban J connectivity index is 1.50. The van der Waals surface area contributed by atoms with Crippen LogP contribution in [0.5, 0.6) is 0 Å². The largest absolute Gasteiger partial charge is 0.366 e. The van der Waals surface area contributed by atoms with Gasteiger partial charge in [-0.2, -0.15) is 5.10 Å². The number of amides is 1. The van der Waals surface area contributed by atoms with Crippen molar-refractivity contribution >= 4 is 22.5 Å². The molecule has 0 bridgehead atoms. The number of carbonyl (C=O) groups is 1. The van der Waals surface area contributed by atoms with Crippen LogP contribution < -0.4 is 10.6 Å². The van der Waals surface area contributed by atoms with Crippen LogP contribution >= 0.6 is 0 Å². The predicted octanol–water partition coefficient (Wildman–Crippen LogP) is 4.02. The monoisotopic (exact) mass is 461 g/mol. The summed E-state index contributed by atoms with van der Waals surface area (Å²) in [6, 6.07) is 16.8. The topological polar surface area (TPSA) is 78.2 Å². The summed E-state index contributed by atoms with van der Waals surface area (Å²) in [5.74, 6) is -1.61. The Labute approximate surface area is 196 Å². The zero-order valence-corrected chi connectivity index (χ0v) is 18.8. The second kappa shape index (κ2) is 8.87. The lowest BCUT2D eigenvalue weighted by Crippen LogP contribution is -2.47. The van der Waals surface area contributed by atoms with Gasteiger partial charge in [0.1, 0.15) is 11.6 Å². The Hall–Kier alpha value is -3.78. The van der Waals surface area contributed by atoms with E-state index in [4.69, 9.17) is 5.73 Å². The van der Waals surface area contributed by atoms with E-state index in [-0.39, 0.29) is 6.04 Å². The molecule has 1 aromatic heterocycles. The molecule has 1 fully saturated rings. The molecule has 3 aromatic carbocycles. The smallest absolute Gasteiger partial charge is 0.248 e. The van der Waals surface area contributed by atoms with E-state index in [9.17, 15) is 13.6 Å². The molecule has 2 heterocycles. The number of likely N-dealkylation sites (N-methyl/N-ethyl adjacent to an activating group) is 1. The van der Waals surface area contributed by atoms with Gasteiger partial charge in [-0.05, 0) is 73.1 Å². The number of nitrogens with two attached hydrogens (primary N) is 1. The predicted molar refractivity (Wildman–Crippen MR) is 128 cm³/mol. The molecule has 3 N–H and O–H groups in total. The molecular weight excluding hydrogens is 436 g/mol. The van der Waals surface area contributed by atoms with Gasteiger partial charge in [-0.25, -0.2) is 8.78 Å². The Morgan fingerprint density at radius 2 is 1.76 bits per heavy atom. The lowest BCUT2D eigenvalue weighted by atomic mass is 9.99. The molecule has 0 saturated carbocycles. The van der Waals surface area contributed by atoms with E-state index in [1.54, 1.807) is 12.1 Å². The summed E-state index contributed by atoms with van der Waals surface area (Å²) in [7, 11) is 2.09. The fourth-order valence-corrected chi connectivity index (χ4v) is 4.68. The van der Waals surface area contributed by atoms with Gasteiger partial charge < -0.3 is 15.5 Å². The molecule has 8 heteroatoms. The van der Waals surface area contributed by atoms with Crippen molar-refractivity contribution in [2.75, 3.05) is 31.6 Å². The van der Waals surface area contributed by atoms with Crippen LogP contribution in [0.3, 0.4) is 0 Å². The maximum absolute atomic E-state index is 13.7. The normalized spacial score (nSPS) is 16.8. The van der Waals surface area contributed by atoms with Crippen molar-refractivity contribution in [2.45, 2.75) is 12.5 Å². The van der Waals surface area contributed by atoms with Crippen molar-refractivity contribution in [3.63, 3.8) is 0 Å². The molecular formula is C26H25F2N5O. The molecule has 0 radical (unpaired) electrons. The number of nitrogens with one attached hydrogen (secondary N) is 1. The van der Waals surface area contributed by atoms with Crippen molar-refractivity contribution in [1.82, 2.24) is 15.1 Å². The van der Waals surface area contributed by atoms with E-state index in [1.165, 1.54) is 12.1 Å². The summed E-state index contributed by atoms with van der Waals surface area (Å²) in [5, 5.41) is 8.72. The van der Waals surface area contributed by atoms with Gasteiger partial charge in [0, 0.05) is 42.3 Å². The molecule has 34 heavy (non-hydrogen) atoms. The summed E-state index contributed by atoms with van der Waals surface area (Å²) in [4.78, 5) is 16.0. The van der Waals surface area contributed by atoms with Gasteiger partial charge >= 0.3 is 0 Å². The van der Waals surface area contributed by atoms with Crippen molar-refractivity contribution in [1.29, 1.82) is 0 Å². The Kier molecular flexibility index (Phi) is 5.75. The highest BCUT2D eigenvalue weighted by molar-refractivity contribution is 5.93. The number of carbonyl (C=O) groups excluding carboxylic acids is 1. The first-order chi connectivity index (χ1) is 16.4. The maximum atomic E-state index is 13.7. The number of rotatable bonds is 5. The van der Waals surface area contributed by atoms with Gasteiger partial charge in [-0.15, -0.1) is 0 Å². The zero-order valence-electron chi connectivity index (χ0n) is 18.8. The van der Waals surface area contributed by atoms with Crippen LogP contribution in [0.15, 0.2) is 60.7 Å². The van der Waals surface area contributed by atoms with Crippen molar-refractivity contribution < 1.29 is 13.6 Å². The maximum Gasteiger partial charge on any atom is 0.248 e. The van der Waals surface area contributed by atoms with Crippen LogP contribution in [0.25, 0.3) is 10.9 Å². The molecule has 6 nitrogen and oxygen atoms in total. The lowest BCUT2D eigenvalue weighted by molar-refractivity contribution is 0.100. The first-order valence-electron chi connectivity index (χ1n) is 11.1. The first-order valence-corrected chi connectivity index (χ1v) is 11.1. The van der Waals surface area contributed by atoms with E-state index in [0.717, 1.165) is 53.5 Å². The molecule has 1 aliphatic rings. The number of anilines is 1. The summed E-state index contributed by atoms with van der Waals surface area (Å²) in [5.41, 5.74) is 10.2. The number of hydrogen-bond acceptors (Lipinski definition) is 4. The van der Waals surface area contributed by atoms with Crippen molar-refractivity contribution in [3.05, 3.63) is 94.7 Å². The number of H-pyrrole nitrogens is 1. The minimum atomic E-state index is -0.580. The third-order valence-electron chi connectivity index (χ3n) is 6.38. The number of hydrogen-bond donors (Lipinski definition) is 2. The van der Waals surface area contributed by atoms with Crippen LogP contribution in [0.1, 0.15) is 33.2 Å². The summed E-state index contributed by atoms with van der Waals surface area (Å²) in [6.07, 6.45) is 0.415. The van der Waals surface area contributed by atoms with Gasteiger partial charge in [0.15, 0.2) is 0 Å². The average molecular weight is 462 g/mol. The Morgan fingerprint density at radius 3 is 2.47 bits per heavy atom. The number of piperazine rings is 1. The molecule has 1 saturated heterocycles. The van der Waals surface area contributed by atoms with Gasteiger partial charge in [-0.3, -0.25) is 9.89 Å². The standard InChI is InChI=1S/C26H25F2N5O/c1-32-8-9-33(21-5-3-18(4-6-21)26(29)34)24(15-32)25-22-13-16(2-7-23(22)30-31-25)10-17-11-19(27)14-20(28)12-17/h2-7,11-14,24H,8-10,15H2,1H3,(H2,29,34)(H,30,31). The quantitative estimate of drug-likeness (QED) is 0.471. The van der Waals surface area contributed by atoms with Gasteiger partial charge in [0.05, 0.1) is 17.3 Å². The molecule has 0 aliphatic carbocycles. The van der Waals surface area contributed by atoms with Crippen LogP contribution in [0.2, 0.25) is 0 Å².